The molecule has 1 heterocycles. The Morgan fingerprint density at radius 1 is 1.17 bits per heavy atom. The minimum atomic E-state index is 0.840. The third kappa shape index (κ3) is 2.36. The van der Waals surface area contributed by atoms with E-state index in [4.69, 9.17) is 11.6 Å². The van der Waals surface area contributed by atoms with Crippen LogP contribution in [-0.2, 0) is 0 Å². The summed E-state index contributed by atoms with van der Waals surface area (Å²) in [5, 5.41) is 0.844. The van der Waals surface area contributed by atoms with Gasteiger partial charge in [-0.25, -0.2) is 0 Å². The van der Waals surface area contributed by atoms with E-state index in [1.54, 1.807) is 0 Å². The first kappa shape index (κ1) is 12.3. The molecule has 3 rings (SSSR count). The van der Waals surface area contributed by atoms with Crippen LogP contribution in [0.4, 0.5) is 5.69 Å². The van der Waals surface area contributed by atoms with E-state index in [2.05, 4.69) is 28.9 Å². The summed E-state index contributed by atoms with van der Waals surface area (Å²) in [5.74, 6) is 0. The Morgan fingerprint density at radius 3 is 2.72 bits per heavy atom. The summed E-state index contributed by atoms with van der Waals surface area (Å²) in [6, 6.07) is 7.06. The van der Waals surface area contributed by atoms with Crippen LogP contribution in [0, 0.1) is 6.92 Å². The molecule has 0 amide bonds. The molecule has 0 unspecified atom stereocenters. The second kappa shape index (κ2) is 5.10. The van der Waals surface area contributed by atoms with Crippen LogP contribution in [-0.4, -0.2) is 30.7 Å². The maximum Gasteiger partial charge on any atom is 0.0709 e. The van der Waals surface area contributed by atoms with Gasteiger partial charge in [-0.1, -0.05) is 24.1 Å². The highest BCUT2D eigenvalue weighted by Crippen LogP contribution is 2.30. The van der Waals surface area contributed by atoms with Gasteiger partial charge in [0.15, 0.2) is 0 Å². The molecule has 0 bridgehead atoms. The second-order valence-corrected chi connectivity index (χ2v) is 6.02. The molecule has 1 aliphatic heterocycles. The monoisotopic (exact) mass is 264 g/mol. The van der Waals surface area contributed by atoms with Gasteiger partial charge < -0.3 is 4.90 Å². The van der Waals surface area contributed by atoms with Crippen molar-refractivity contribution in [2.75, 3.05) is 24.7 Å². The Kier molecular flexibility index (Phi) is 3.49. The fraction of sp³-hybridized carbons (Fsp3) is 0.600. The highest BCUT2D eigenvalue weighted by molar-refractivity contribution is 6.30. The standard InChI is InChI=1S/C15H21ClN2/c1-12-6-7-13(16)10-15(12)18-9-3-8-17(11-18)14-4-2-5-14/h6-7,10,14H,2-5,8-9,11H2,1H3. The fourth-order valence-electron chi connectivity index (χ4n) is 3.00. The van der Waals surface area contributed by atoms with Crippen molar-refractivity contribution in [1.82, 2.24) is 4.90 Å². The van der Waals surface area contributed by atoms with Gasteiger partial charge in [-0.3, -0.25) is 4.90 Å². The highest BCUT2D eigenvalue weighted by atomic mass is 35.5. The lowest BCUT2D eigenvalue weighted by atomic mass is 9.91. The molecular formula is C15H21ClN2. The molecular weight excluding hydrogens is 244 g/mol. The number of benzene rings is 1. The molecule has 0 atom stereocenters. The van der Waals surface area contributed by atoms with Crippen molar-refractivity contribution in [3.05, 3.63) is 28.8 Å². The Morgan fingerprint density at radius 2 is 2.00 bits per heavy atom. The van der Waals surface area contributed by atoms with Crippen LogP contribution in [0.3, 0.4) is 0 Å². The smallest absolute Gasteiger partial charge is 0.0709 e. The number of nitrogens with zero attached hydrogens (tertiary/aromatic N) is 2. The molecule has 98 valence electrons. The highest BCUT2D eigenvalue weighted by Gasteiger charge is 2.28. The van der Waals surface area contributed by atoms with E-state index < -0.39 is 0 Å². The van der Waals surface area contributed by atoms with Crippen molar-refractivity contribution in [3.63, 3.8) is 0 Å². The SMILES string of the molecule is Cc1ccc(Cl)cc1N1CCCN(C2CCC2)C1. The Hall–Kier alpha value is -0.730. The molecule has 1 aliphatic carbocycles. The molecule has 0 radical (unpaired) electrons. The first-order valence-corrected chi connectivity index (χ1v) is 7.37. The lowest BCUT2D eigenvalue weighted by molar-refractivity contribution is 0.111. The van der Waals surface area contributed by atoms with E-state index in [-0.39, 0.29) is 0 Å². The number of anilines is 1. The summed E-state index contributed by atoms with van der Waals surface area (Å²) >= 11 is 6.13. The summed E-state index contributed by atoms with van der Waals surface area (Å²) in [6.45, 7) is 5.67. The quantitative estimate of drug-likeness (QED) is 0.804. The molecule has 3 heteroatoms. The van der Waals surface area contributed by atoms with Gasteiger partial charge in [0.1, 0.15) is 0 Å². The van der Waals surface area contributed by atoms with E-state index in [0.29, 0.717) is 0 Å². The first-order valence-electron chi connectivity index (χ1n) is 6.99. The first-order chi connectivity index (χ1) is 8.74. The topological polar surface area (TPSA) is 6.48 Å². The molecule has 2 nitrogen and oxygen atoms in total. The zero-order valence-corrected chi connectivity index (χ0v) is 11.8. The van der Waals surface area contributed by atoms with Crippen molar-refractivity contribution >= 4 is 17.3 Å². The second-order valence-electron chi connectivity index (χ2n) is 5.59. The van der Waals surface area contributed by atoms with Crippen molar-refractivity contribution in [2.24, 2.45) is 0 Å². The van der Waals surface area contributed by atoms with Crippen LogP contribution < -0.4 is 4.90 Å². The minimum Gasteiger partial charge on any atom is -0.358 e. The van der Waals surface area contributed by atoms with Gasteiger partial charge in [0.2, 0.25) is 0 Å². The largest absolute Gasteiger partial charge is 0.358 e. The molecule has 0 aromatic heterocycles. The van der Waals surface area contributed by atoms with Gasteiger partial charge in [-0.2, -0.15) is 0 Å². The van der Waals surface area contributed by atoms with Crippen LogP contribution in [0.1, 0.15) is 31.2 Å². The Balaban J connectivity index is 1.76. The summed E-state index contributed by atoms with van der Waals surface area (Å²) in [5.41, 5.74) is 2.64. The van der Waals surface area contributed by atoms with Gasteiger partial charge in [0.05, 0.1) is 6.67 Å². The molecule has 2 fully saturated rings. The van der Waals surface area contributed by atoms with Crippen LogP contribution in [0.15, 0.2) is 18.2 Å². The number of rotatable bonds is 2. The summed E-state index contributed by atoms with van der Waals surface area (Å²) in [7, 11) is 0. The number of halogens is 1. The predicted molar refractivity (Wildman–Crippen MR) is 77.4 cm³/mol. The maximum atomic E-state index is 6.13. The van der Waals surface area contributed by atoms with Gasteiger partial charge in [-0.05, 0) is 43.9 Å². The zero-order valence-electron chi connectivity index (χ0n) is 11.0. The van der Waals surface area contributed by atoms with Crippen molar-refractivity contribution in [2.45, 2.75) is 38.6 Å². The van der Waals surface area contributed by atoms with Crippen LogP contribution in [0.5, 0.6) is 0 Å². The third-order valence-electron chi connectivity index (χ3n) is 4.33. The molecule has 0 N–H and O–H groups in total. The lowest BCUT2D eigenvalue weighted by Crippen LogP contribution is -2.51. The third-order valence-corrected chi connectivity index (χ3v) is 4.56. The molecule has 0 spiro atoms. The molecule has 1 aromatic rings. The summed E-state index contributed by atoms with van der Waals surface area (Å²) in [6.07, 6.45) is 5.46. The summed E-state index contributed by atoms with van der Waals surface area (Å²) in [4.78, 5) is 5.14. The number of hydrogen-bond donors (Lipinski definition) is 0. The fourth-order valence-corrected chi connectivity index (χ4v) is 3.16. The van der Waals surface area contributed by atoms with Crippen LogP contribution >= 0.6 is 11.6 Å². The molecule has 2 aliphatic rings. The number of aryl methyl sites for hydroxylation is 1. The van der Waals surface area contributed by atoms with Gasteiger partial charge in [0.25, 0.3) is 0 Å². The van der Waals surface area contributed by atoms with Crippen LogP contribution in [0.25, 0.3) is 0 Å². The molecule has 18 heavy (non-hydrogen) atoms. The Bertz CT molecular complexity index is 429. The Labute approximate surface area is 115 Å². The van der Waals surface area contributed by atoms with E-state index in [0.717, 1.165) is 24.3 Å². The average Bonchev–Trinajstić information content (AvgIpc) is 2.30. The van der Waals surface area contributed by atoms with Crippen molar-refractivity contribution in [3.8, 4) is 0 Å². The van der Waals surface area contributed by atoms with Gasteiger partial charge >= 0.3 is 0 Å². The normalized spacial score (nSPS) is 22.0. The zero-order chi connectivity index (χ0) is 12.5. The number of hydrogen-bond acceptors (Lipinski definition) is 2. The van der Waals surface area contributed by atoms with E-state index in [1.165, 1.54) is 43.5 Å². The van der Waals surface area contributed by atoms with Crippen molar-refractivity contribution < 1.29 is 0 Å². The average molecular weight is 265 g/mol. The summed E-state index contributed by atoms with van der Waals surface area (Å²) < 4.78 is 0. The van der Waals surface area contributed by atoms with Crippen molar-refractivity contribution in [1.29, 1.82) is 0 Å². The van der Waals surface area contributed by atoms with E-state index in [9.17, 15) is 0 Å². The maximum absolute atomic E-state index is 6.13. The van der Waals surface area contributed by atoms with Gasteiger partial charge in [-0.15, -0.1) is 0 Å². The molecule has 1 aromatic carbocycles. The molecule has 1 saturated carbocycles. The lowest BCUT2D eigenvalue weighted by Gasteiger charge is -2.44. The minimum absolute atomic E-state index is 0.840. The van der Waals surface area contributed by atoms with Gasteiger partial charge in [0, 0.05) is 29.8 Å². The molecule has 1 saturated heterocycles. The van der Waals surface area contributed by atoms with Crippen LogP contribution in [0.2, 0.25) is 5.02 Å². The van der Waals surface area contributed by atoms with E-state index >= 15 is 0 Å². The van der Waals surface area contributed by atoms with E-state index in [1.807, 2.05) is 6.07 Å². The predicted octanol–water partition coefficient (Wildman–Crippen LogP) is 3.67.